The summed E-state index contributed by atoms with van der Waals surface area (Å²) in [6.45, 7) is 7.28. The number of para-hydroxylation sites is 1. The zero-order valence-corrected chi connectivity index (χ0v) is 17.4. The van der Waals surface area contributed by atoms with Crippen molar-refractivity contribution in [1.29, 1.82) is 0 Å². The SMILES string of the molecule is CCNC(=NCCN(C)CCCOC)NCCc1cnn(-c2ccccc2)c1. The molecule has 0 saturated carbocycles. The molecule has 0 saturated heterocycles. The van der Waals surface area contributed by atoms with Gasteiger partial charge in [0.2, 0.25) is 0 Å². The number of guanidine groups is 1. The third-order valence-corrected chi connectivity index (χ3v) is 4.35. The van der Waals surface area contributed by atoms with Gasteiger partial charge in [-0.15, -0.1) is 0 Å². The monoisotopic (exact) mass is 386 g/mol. The number of rotatable bonds is 12. The normalized spacial score (nSPS) is 11.8. The summed E-state index contributed by atoms with van der Waals surface area (Å²) in [5.41, 5.74) is 2.27. The largest absolute Gasteiger partial charge is 0.385 e. The summed E-state index contributed by atoms with van der Waals surface area (Å²) >= 11 is 0. The maximum atomic E-state index is 5.09. The zero-order valence-electron chi connectivity index (χ0n) is 17.4. The van der Waals surface area contributed by atoms with Crippen molar-refractivity contribution < 1.29 is 4.74 Å². The van der Waals surface area contributed by atoms with E-state index in [1.807, 2.05) is 29.1 Å². The van der Waals surface area contributed by atoms with Gasteiger partial charge in [-0.1, -0.05) is 18.2 Å². The number of nitrogens with zero attached hydrogens (tertiary/aromatic N) is 4. The Morgan fingerprint density at radius 2 is 2.04 bits per heavy atom. The van der Waals surface area contributed by atoms with Crippen molar-refractivity contribution >= 4 is 5.96 Å². The minimum Gasteiger partial charge on any atom is -0.385 e. The molecule has 0 radical (unpaired) electrons. The second-order valence-electron chi connectivity index (χ2n) is 6.72. The third-order valence-electron chi connectivity index (χ3n) is 4.35. The van der Waals surface area contributed by atoms with Gasteiger partial charge in [-0.05, 0) is 44.5 Å². The summed E-state index contributed by atoms with van der Waals surface area (Å²) in [7, 11) is 3.86. The first kappa shape index (κ1) is 21.9. The molecule has 0 aliphatic rings. The number of ether oxygens (including phenoxy) is 1. The van der Waals surface area contributed by atoms with Gasteiger partial charge >= 0.3 is 0 Å². The van der Waals surface area contributed by atoms with Gasteiger partial charge in [0.05, 0.1) is 18.4 Å². The van der Waals surface area contributed by atoms with Crippen LogP contribution in [0.4, 0.5) is 0 Å². The Bertz CT molecular complexity index is 685. The van der Waals surface area contributed by atoms with Crippen LogP contribution in [-0.4, -0.2) is 74.1 Å². The first-order valence-corrected chi connectivity index (χ1v) is 10.0. The van der Waals surface area contributed by atoms with Gasteiger partial charge in [-0.2, -0.15) is 5.10 Å². The molecule has 0 unspecified atom stereocenters. The van der Waals surface area contributed by atoms with E-state index in [1.54, 1.807) is 7.11 Å². The van der Waals surface area contributed by atoms with E-state index in [-0.39, 0.29) is 0 Å². The molecule has 0 fully saturated rings. The van der Waals surface area contributed by atoms with E-state index in [0.29, 0.717) is 0 Å². The number of methoxy groups -OCH3 is 1. The number of hydrogen-bond donors (Lipinski definition) is 2. The Hall–Kier alpha value is -2.38. The van der Waals surface area contributed by atoms with Crippen LogP contribution in [0.3, 0.4) is 0 Å². The smallest absolute Gasteiger partial charge is 0.191 e. The number of aliphatic imine (C=N–C) groups is 1. The van der Waals surface area contributed by atoms with Crippen LogP contribution < -0.4 is 10.6 Å². The van der Waals surface area contributed by atoms with Crippen LogP contribution in [0.25, 0.3) is 5.69 Å². The van der Waals surface area contributed by atoms with Crippen molar-refractivity contribution in [2.45, 2.75) is 19.8 Å². The van der Waals surface area contributed by atoms with E-state index in [2.05, 4.69) is 57.9 Å². The first-order chi connectivity index (χ1) is 13.7. The highest BCUT2D eigenvalue weighted by Gasteiger charge is 2.03. The fourth-order valence-corrected chi connectivity index (χ4v) is 2.80. The minimum absolute atomic E-state index is 0.769. The second-order valence-corrected chi connectivity index (χ2v) is 6.72. The average molecular weight is 387 g/mol. The van der Waals surface area contributed by atoms with Crippen molar-refractivity contribution in [2.24, 2.45) is 4.99 Å². The third kappa shape index (κ3) is 8.10. The number of hydrogen-bond acceptors (Lipinski definition) is 4. The van der Waals surface area contributed by atoms with E-state index in [1.165, 1.54) is 5.56 Å². The lowest BCUT2D eigenvalue weighted by Gasteiger charge is -2.16. The molecule has 0 spiro atoms. The molecule has 7 nitrogen and oxygen atoms in total. The van der Waals surface area contributed by atoms with Gasteiger partial charge in [0.15, 0.2) is 5.96 Å². The van der Waals surface area contributed by atoms with Gasteiger partial charge < -0.3 is 20.3 Å². The van der Waals surface area contributed by atoms with Gasteiger partial charge in [0.25, 0.3) is 0 Å². The Morgan fingerprint density at radius 3 is 2.79 bits per heavy atom. The molecule has 2 N–H and O–H groups in total. The molecule has 28 heavy (non-hydrogen) atoms. The van der Waals surface area contributed by atoms with Gasteiger partial charge in [-0.3, -0.25) is 4.99 Å². The number of likely N-dealkylation sites (N-methyl/N-ethyl adjacent to an activating group) is 1. The first-order valence-electron chi connectivity index (χ1n) is 10.0. The summed E-state index contributed by atoms with van der Waals surface area (Å²) in [5.74, 6) is 0.864. The van der Waals surface area contributed by atoms with E-state index in [9.17, 15) is 0 Å². The molecule has 2 aromatic rings. The maximum Gasteiger partial charge on any atom is 0.191 e. The Balaban J connectivity index is 1.74. The zero-order chi connectivity index (χ0) is 20.0. The lowest BCUT2D eigenvalue weighted by atomic mass is 10.2. The summed E-state index contributed by atoms with van der Waals surface area (Å²) in [6, 6.07) is 10.2. The minimum atomic E-state index is 0.769. The molecule has 0 aliphatic carbocycles. The summed E-state index contributed by atoms with van der Waals surface area (Å²) in [6.07, 6.45) is 5.95. The molecule has 0 atom stereocenters. The number of benzene rings is 1. The van der Waals surface area contributed by atoms with Gasteiger partial charge in [-0.25, -0.2) is 4.68 Å². The molecule has 1 aromatic heterocycles. The quantitative estimate of drug-likeness (QED) is 0.332. The van der Waals surface area contributed by atoms with Crippen LogP contribution >= 0.6 is 0 Å². The predicted molar refractivity (Wildman–Crippen MR) is 115 cm³/mol. The van der Waals surface area contributed by atoms with Gasteiger partial charge in [0, 0.05) is 46.1 Å². The van der Waals surface area contributed by atoms with Crippen molar-refractivity contribution in [1.82, 2.24) is 25.3 Å². The van der Waals surface area contributed by atoms with Crippen molar-refractivity contribution in [2.75, 3.05) is 53.5 Å². The van der Waals surface area contributed by atoms with Crippen molar-refractivity contribution in [3.63, 3.8) is 0 Å². The molecule has 1 aromatic carbocycles. The van der Waals surface area contributed by atoms with Crippen molar-refractivity contribution in [3.8, 4) is 5.69 Å². The molecule has 7 heteroatoms. The molecule has 0 amide bonds. The molecular weight excluding hydrogens is 352 g/mol. The summed E-state index contributed by atoms with van der Waals surface area (Å²) < 4.78 is 7.00. The molecule has 154 valence electrons. The van der Waals surface area contributed by atoms with Crippen LogP contribution in [-0.2, 0) is 11.2 Å². The van der Waals surface area contributed by atoms with Crippen LogP contribution in [0.5, 0.6) is 0 Å². The lowest BCUT2D eigenvalue weighted by molar-refractivity contribution is 0.180. The Labute approximate surface area is 168 Å². The standard InChI is InChI=1S/C21H34N6O/c1-4-22-21(24-13-15-26(2)14-8-16-28-3)23-12-11-19-17-25-27(18-19)20-9-6-5-7-10-20/h5-7,9-10,17-18H,4,8,11-16H2,1-3H3,(H2,22,23,24). The van der Waals surface area contributed by atoms with Crippen LogP contribution in [0.1, 0.15) is 18.9 Å². The predicted octanol–water partition coefficient (Wildman–Crippen LogP) is 1.94. The van der Waals surface area contributed by atoms with E-state index in [0.717, 1.165) is 63.8 Å². The van der Waals surface area contributed by atoms with Crippen molar-refractivity contribution in [3.05, 3.63) is 48.3 Å². The summed E-state index contributed by atoms with van der Waals surface area (Å²) in [4.78, 5) is 6.95. The molecule has 1 heterocycles. The average Bonchev–Trinajstić information content (AvgIpc) is 3.18. The van der Waals surface area contributed by atoms with Crippen LogP contribution in [0, 0.1) is 0 Å². The Morgan fingerprint density at radius 1 is 1.21 bits per heavy atom. The molecule has 0 aliphatic heterocycles. The number of nitrogens with one attached hydrogen (secondary N) is 2. The molecular formula is C21H34N6O. The van der Waals surface area contributed by atoms with Gasteiger partial charge in [0.1, 0.15) is 0 Å². The topological polar surface area (TPSA) is 66.7 Å². The molecule has 0 bridgehead atoms. The fourth-order valence-electron chi connectivity index (χ4n) is 2.80. The highest BCUT2D eigenvalue weighted by molar-refractivity contribution is 5.79. The number of aromatic nitrogens is 2. The lowest BCUT2D eigenvalue weighted by Crippen LogP contribution is -2.39. The maximum absolute atomic E-state index is 5.09. The van der Waals surface area contributed by atoms with E-state index < -0.39 is 0 Å². The van der Waals surface area contributed by atoms with E-state index >= 15 is 0 Å². The Kier molecular flexibility index (Phi) is 10.1. The highest BCUT2D eigenvalue weighted by Crippen LogP contribution is 2.07. The second kappa shape index (κ2) is 12.9. The fraction of sp³-hybridized carbons (Fsp3) is 0.524. The highest BCUT2D eigenvalue weighted by atomic mass is 16.5. The van der Waals surface area contributed by atoms with Crippen LogP contribution in [0.2, 0.25) is 0 Å². The van der Waals surface area contributed by atoms with Crippen LogP contribution in [0.15, 0.2) is 47.7 Å². The molecule has 2 rings (SSSR count). The summed E-state index contributed by atoms with van der Waals surface area (Å²) in [5, 5.41) is 11.2. The van der Waals surface area contributed by atoms with E-state index in [4.69, 9.17) is 4.74 Å².